The number of furan rings is 2. The van der Waals surface area contributed by atoms with Crippen molar-refractivity contribution in [2.45, 2.75) is 33.1 Å². The third-order valence-electron chi connectivity index (χ3n) is 12.2. The van der Waals surface area contributed by atoms with Crippen molar-refractivity contribution < 1.29 is 18.3 Å². The highest BCUT2D eigenvalue weighted by atomic mass is 16.7. The predicted molar refractivity (Wildman–Crippen MR) is 240 cm³/mol. The standard InChI is InChI=1S/C52H39BN2O4/c1-31-23-43-50-44(24-31)55(41-15-10-18-47-51(41)57-30-56-47)40-22-20-36(52(2,3)4)29-39(40)53(50)38-21-19-35(49-28-34-12-6-8-17-46(34)59-49)26-42(38)54(43)37-14-9-13-32(25-37)48-27-33-11-5-7-16-45(33)58-48/h5-29H,30H2,1-4H3. The summed E-state index contributed by atoms with van der Waals surface area (Å²) >= 11 is 0. The van der Waals surface area contributed by atoms with Gasteiger partial charge in [0.1, 0.15) is 22.7 Å². The number of fused-ring (bicyclic) bond motifs is 7. The fraction of sp³-hybridized carbons (Fsp3) is 0.115. The van der Waals surface area contributed by atoms with E-state index in [1.807, 2.05) is 36.4 Å². The van der Waals surface area contributed by atoms with Gasteiger partial charge in [-0.25, -0.2) is 0 Å². The van der Waals surface area contributed by atoms with E-state index in [0.29, 0.717) is 0 Å². The van der Waals surface area contributed by atoms with Gasteiger partial charge in [0.15, 0.2) is 11.5 Å². The van der Waals surface area contributed by atoms with Gasteiger partial charge in [0.05, 0.1) is 5.69 Å². The quantitative estimate of drug-likeness (QED) is 0.166. The maximum atomic E-state index is 6.51. The Morgan fingerprint density at radius 3 is 1.95 bits per heavy atom. The number of nitrogens with zero attached hydrogens (tertiary/aromatic N) is 2. The normalized spacial score (nSPS) is 13.9. The molecule has 7 heteroatoms. The molecule has 12 rings (SSSR count). The van der Waals surface area contributed by atoms with E-state index in [0.717, 1.165) is 95.8 Å². The van der Waals surface area contributed by atoms with Crippen LogP contribution >= 0.6 is 0 Å². The second-order valence-corrected chi connectivity index (χ2v) is 17.0. The summed E-state index contributed by atoms with van der Waals surface area (Å²) in [6, 6.07) is 54.2. The van der Waals surface area contributed by atoms with Crippen LogP contribution in [0.25, 0.3) is 44.6 Å². The minimum absolute atomic E-state index is 0.0578. The predicted octanol–water partition coefficient (Wildman–Crippen LogP) is 11.9. The second kappa shape index (κ2) is 12.4. The minimum atomic E-state index is -0.0625. The average Bonchev–Trinajstić information content (AvgIpc) is 4.02. The molecule has 0 amide bonds. The van der Waals surface area contributed by atoms with E-state index in [9.17, 15) is 0 Å². The number of ether oxygens (including phenoxy) is 2. The first kappa shape index (κ1) is 34.0. The van der Waals surface area contributed by atoms with Crippen LogP contribution in [0.5, 0.6) is 11.5 Å². The molecule has 6 nitrogen and oxygen atoms in total. The largest absolute Gasteiger partial charge is 0.456 e. The molecular formula is C52H39BN2O4. The molecule has 3 aliphatic heterocycles. The van der Waals surface area contributed by atoms with E-state index in [-0.39, 0.29) is 18.9 Å². The lowest BCUT2D eigenvalue weighted by Crippen LogP contribution is -2.61. The van der Waals surface area contributed by atoms with E-state index in [1.165, 1.54) is 22.0 Å². The Morgan fingerprint density at radius 2 is 1.22 bits per heavy atom. The maximum absolute atomic E-state index is 6.51. The number of anilines is 6. The molecule has 59 heavy (non-hydrogen) atoms. The third-order valence-corrected chi connectivity index (χ3v) is 12.2. The molecule has 3 aliphatic rings. The minimum Gasteiger partial charge on any atom is -0.456 e. The molecule has 0 N–H and O–H groups in total. The van der Waals surface area contributed by atoms with Gasteiger partial charge < -0.3 is 28.1 Å². The second-order valence-electron chi connectivity index (χ2n) is 17.0. The molecule has 5 heterocycles. The van der Waals surface area contributed by atoms with Crippen LogP contribution in [0.2, 0.25) is 0 Å². The van der Waals surface area contributed by atoms with Crippen molar-refractivity contribution in [3.63, 3.8) is 0 Å². The maximum Gasteiger partial charge on any atom is 0.252 e. The van der Waals surface area contributed by atoms with Crippen LogP contribution < -0.4 is 35.7 Å². The SMILES string of the molecule is Cc1cc2c3c(c1)N(c1cccc4c1OCO4)c1ccc(C(C)(C)C)cc1B3c1ccc(-c3cc4ccccc4o3)cc1N2c1cccc(-c2cc3ccccc3o2)c1. The van der Waals surface area contributed by atoms with E-state index >= 15 is 0 Å². The first-order valence-electron chi connectivity index (χ1n) is 20.3. The number of hydrogen-bond acceptors (Lipinski definition) is 6. The first-order valence-corrected chi connectivity index (χ1v) is 20.3. The van der Waals surface area contributed by atoms with Crippen LogP contribution in [-0.4, -0.2) is 13.5 Å². The van der Waals surface area contributed by atoms with Gasteiger partial charge in [-0.1, -0.05) is 99.6 Å². The van der Waals surface area contributed by atoms with Gasteiger partial charge in [-0.3, -0.25) is 0 Å². The fourth-order valence-corrected chi connectivity index (χ4v) is 9.43. The number of hydrogen-bond donors (Lipinski definition) is 0. The van der Waals surface area contributed by atoms with Gasteiger partial charge in [0.2, 0.25) is 6.79 Å². The average molecular weight is 767 g/mol. The van der Waals surface area contributed by atoms with Crippen molar-refractivity contribution in [3.8, 4) is 34.1 Å². The molecule has 0 spiro atoms. The lowest BCUT2D eigenvalue weighted by Gasteiger charge is -2.45. The Kier molecular flexibility index (Phi) is 7.16. The van der Waals surface area contributed by atoms with Gasteiger partial charge in [0, 0.05) is 50.3 Å². The smallest absolute Gasteiger partial charge is 0.252 e. The monoisotopic (exact) mass is 766 g/mol. The molecule has 0 aliphatic carbocycles. The number of rotatable bonds is 4. The highest BCUT2D eigenvalue weighted by Gasteiger charge is 2.45. The summed E-state index contributed by atoms with van der Waals surface area (Å²) in [7, 11) is 0. The lowest BCUT2D eigenvalue weighted by molar-refractivity contribution is 0.174. The Balaban J connectivity index is 1.14. The summed E-state index contributed by atoms with van der Waals surface area (Å²) in [6.07, 6.45) is 0. The van der Waals surface area contributed by atoms with Crippen LogP contribution in [-0.2, 0) is 5.41 Å². The molecule has 2 aromatic heterocycles. The lowest BCUT2D eigenvalue weighted by atomic mass is 9.33. The zero-order valence-corrected chi connectivity index (χ0v) is 33.2. The van der Waals surface area contributed by atoms with E-state index in [1.54, 1.807) is 0 Å². The molecule has 0 unspecified atom stereocenters. The Morgan fingerprint density at radius 1 is 0.525 bits per heavy atom. The molecule has 0 saturated heterocycles. The zero-order chi connectivity index (χ0) is 39.6. The number of para-hydroxylation sites is 3. The van der Waals surface area contributed by atoms with Gasteiger partial charge in [0.25, 0.3) is 6.71 Å². The number of aryl methyl sites for hydroxylation is 1. The fourth-order valence-electron chi connectivity index (χ4n) is 9.43. The highest BCUT2D eigenvalue weighted by molar-refractivity contribution is 7.00. The van der Waals surface area contributed by atoms with Crippen LogP contribution in [0.1, 0.15) is 31.9 Å². The topological polar surface area (TPSA) is 51.2 Å². The summed E-state index contributed by atoms with van der Waals surface area (Å²) < 4.78 is 25.1. The Labute approximate surface area is 342 Å². The molecule has 7 aromatic carbocycles. The van der Waals surface area contributed by atoms with Crippen LogP contribution in [0.3, 0.4) is 0 Å². The molecule has 9 aromatic rings. The summed E-state index contributed by atoms with van der Waals surface area (Å²) in [5.41, 5.74) is 16.3. The van der Waals surface area contributed by atoms with E-state index < -0.39 is 0 Å². The van der Waals surface area contributed by atoms with Crippen molar-refractivity contribution in [1.29, 1.82) is 0 Å². The summed E-state index contributed by atoms with van der Waals surface area (Å²) in [6.45, 7) is 9.20. The summed E-state index contributed by atoms with van der Waals surface area (Å²) in [5.74, 6) is 3.19. The van der Waals surface area contributed by atoms with Crippen LogP contribution in [0.4, 0.5) is 34.1 Å². The molecule has 0 radical (unpaired) electrons. The van der Waals surface area contributed by atoms with E-state index in [4.69, 9.17) is 18.3 Å². The van der Waals surface area contributed by atoms with Crippen LogP contribution in [0.15, 0.2) is 160 Å². The summed E-state index contributed by atoms with van der Waals surface area (Å²) in [5, 5.41) is 2.16. The van der Waals surface area contributed by atoms with Crippen molar-refractivity contribution in [3.05, 3.63) is 163 Å². The van der Waals surface area contributed by atoms with E-state index in [2.05, 4.69) is 153 Å². The Hall–Kier alpha value is -7.12. The summed E-state index contributed by atoms with van der Waals surface area (Å²) in [4.78, 5) is 4.84. The van der Waals surface area contributed by atoms with Gasteiger partial charge in [-0.15, -0.1) is 0 Å². The van der Waals surface area contributed by atoms with Crippen molar-refractivity contribution in [2.75, 3.05) is 16.6 Å². The molecule has 0 bridgehead atoms. The third kappa shape index (κ3) is 5.20. The number of benzene rings is 7. The molecule has 0 atom stereocenters. The zero-order valence-electron chi connectivity index (χ0n) is 33.2. The van der Waals surface area contributed by atoms with Crippen molar-refractivity contribution in [1.82, 2.24) is 0 Å². The van der Waals surface area contributed by atoms with Crippen molar-refractivity contribution in [2.24, 2.45) is 0 Å². The van der Waals surface area contributed by atoms with Gasteiger partial charge in [-0.2, -0.15) is 0 Å². The molecule has 0 fully saturated rings. The van der Waals surface area contributed by atoms with Crippen molar-refractivity contribution >= 4 is 79.2 Å². The highest BCUT2D eigenvalue weighted by Crippen LogP contribution is 2.50. The van der Waals surface area contributed by atoms with Gasteiger partial charge in [-0.05, 0) is 113 Å². The van der Waals surface area contributed by atoms with Gasteiger partial charge >= 0.3 is 0 Å². The first-order chi connectivity index (χ1) is 28.8. The molecule has 284 valence electrons. The molecular weight excluding hydrogens is 727 g/mol. The van der Waals surface area contributed by atoms with Crippen LogP contribution in [0, 0.1) is 6.92 Å². The molecule has 0 saturated carbocycles. The Bertz CT molecular complexity index is 3120.